The van der Waals surface area contributed by atoms with E-state index in [-0.39, 0.29) is 23.7 Å². The lowest BCUT2D eigenvalue weighted by Gasteiger charge is -2.36. The van der Waals surface area contributed by atoms with Gasteiger partial charge in [-0.3, -0.25) is 14.6 Å². The number of hydrogen-bond acceptors (Lipinski definition) is 4. The number of halogens is 1. The van der Waals surface area contributed by atoms with Crippen LogP contribution in [0, 0.1) is 5.82 Å². The van der Waals surface area contributed by atoms with E-state index in [1.807, 2.05) is 29.2 Å². The Balaban J connectivity index is 1.55. The molecule has 0 saturated heterocycles. The average Bonchev–Trinajstić information content (AvgIpc) is 2.85. The maximum atomic E-state index is 14.1. The van der Waals surface area contributed by atoms with Crippen molar-refractivity contribution < 1.29 is 14.0 Å². The first-order valence-electron chi connectivity index (χ1n) is 11.7. The Kier molecular flexibility index (Phi) is 6.11. The van der Waals surface area contributed by atoms with Gasteiger partial charge in [0.15, 0.2) is 0 Å². The molecular formula is C27H27FN4O2. The summed E-state index contributed by atoms with van der Waals surface area (Å²) in [5.74, 6) is -0.495. The fourth-order valence-corrected chi connectivity index (χ4v) is 4.95. The van der Waals surface area contributed by atoms with Crippen LogP contribution in [0.2, 0.25) is 0 Å². The van der Waals surface area contributed by atoms with Gasteiger partial charge in [-0.2, -0.15) is 0 Å². The summed E-state index contributed by atoms with van der Waals surface area (Å²) in [5, 5.41) is 2.92. The number of anilines is 1. The van der Waals surface area contributed by atoms with Gasteiger partial charge in [0.05, 0.1) is 11.7 Å². The maximum absolute atomic E-state index is 14.1. The van der Waals surface area contributed by atoms with Crippen LogP contribution in [0.3, 0.4) is 0 Å². The Morgan fingerprint density at radius 3 is 2.76 bits per heavy atom. The van der Waals surface area contributed by atoms with E-state index >= 15 is 0 Å². The average molecular weight is 459 g/mol. The van der Waals surface area contributed by atoms with Crippen LogP contribution in [0.15, 0.2) is 54.7 Å². The summed E-state index contributed by atoms with van der Waals surface area (Å²) in [7, 11) is 0. The molecule has 1 atom stereocenters. The van der Waals surface area contributed by atoms with Crippen molar-refractivity contribution in [2.24, 2.45) is 5.73 Å². The molecule has 5 rings (SSSR count). The summed E-state index contributed by atoms with van der Waals surface area (Å²) in [4.78, 5) is 32.6. The molecule has 2 bridgehead atoms. The Bertz CT molecular complexity index is 1260. The van der Waals surface area contributed by atoms with E-state index < -0.39 is 0 Å². The molecule has 7 heteroatoms. The molecule has 1 unspecified atom stereocenters. The summed E-state index contributed by atoms with van der Waals surface area (Å²) in [6.45, 7) is 1.03. The predicted octanol–water partition coefficient (Wildman–Crippen LogP) is 4.60. The third kappa shape index (κ3) is 4.31. The molecule has 2 amide bonds. The van der Waals surface area contributed by atoms with Gasteiger partial charge in [-0.15, -0.1) is 0 Å². The Morgan fingerprint density at radius 1 is 1.03 bits per heavy atom. The van der Waals surface area contributed by atoms with Crippen LogP contribution in [0.1, 0.15) is 58.9 Å². The van der Waals surface area contributed by atoms with Crippen LogP contribution < -0.4 is 11.1 Å². The Hall–Kier alpha value is -3.58. The lowest BCUT2D eigenvalue weighted by atomic mass is 9.92. The van der Waals surface area contributed by atoms with E-state index in [2.05, 4.69) is 10.3 Å². The molecule has 174 valence electrons. The highest BCUT2D eigenvalue weighted by atomic mass is 19.1. The zero-order chi connectivity index (χ0) is 23.7. The molecular weight excluding hydrogens is 431 g/mol. The first-order valence-corrected chi connectivity index (χ1v) is 11.7. The minimum atomic E-state index is -0.380. The van der Waals surface area contributed by atoms with Gasteiger partial charge < -0.3 is 16.0 Å². The lowest BCUT2D eigenvalue weighted by molar-refractivity contribution is -0.116. The number of amides is 2. The van der Waals surface area contributed by atoms with Gasteiger partial charge in [-0.25, -0.2) is 4.39 Å². The van der Waals surface area contributed by atoms with E-state index in [9.17, 15) is 14.0 Å². The van der Waals surface area contributed by atoms with Crippen LogP contribution in [0.5, 0.6) is 0 Å². The molecule has 0 radical (unpaired) electrons. The quantitative estimate of drug-likeness (QED) is 0.588. The SMILES string of the molecule is NCc1ccc2c(c1)CCN(C1CCCCC(=O)Nc3ccc(F)cc3-c3ccnc1c3)C2=O. The molecule has 3 N–H and O–H groups in total. The van der Waals surface area contributed by atoms with Crippen molar-refractivity contribution in [3.8, 4) is 11.1 Å². The monoisotopic (exact) mass is 458 g/mol. The first-order chi connectivity index (χ1) is 16.5. The summed E-state index contributed by atoms with van der Waals surface area (Å²) < 4.78 is 14.1. The van der Waals surface area contributed by atoms with Crippen molar-refractivity contribution in [1.82, 2.24) is 9.88 Å². The highest BCUT2D eigenvalue weighted by Gasteiger charge is 2.32. The Morgan fingerprint density at radius 2 is 1.91 bits per heavy atom. The van der Waals surface area contributed by atoms with Crippen LogP contribution in [0.25, 0.3) is 11.1 Å². The number of hydrogen-bond donors (Lipinski definition) is 2. The first kappa shape index (κ1) is 22.2. The van der Waals surface area contributed by atoms with E-state index in [0.29, 0.717) is 49.2 Å². The topological polar surface area (TPSA) is 88.3 Å². The molecule has 0 aliphatic carbocycles. The van der Waals surface area contributed by atoms with Gasteiger partial charge in [0, 0.05) is 42.5 Å². The number of nitrogens with zero attached hydrogens (tertiary/aromatic N) is 2. The fraction of sp³-hybridized carbons (Fsp3) is 0.296. The molecule has 6 nitrogen and oxygen atoms in total. The number of benzene rings is 2. The van der Waals surface area contributed by atoms with Crippen molar-refractivity contribution in [3.63, 3.8) is 0 Å². The van der Waals surface area contributed by atoms with Crippen molar-refractivity contribution >= 4 is 17.5 Å². The third-order valence-electron chi connectivity index (χ3n) is 6.72. The third-order valence-corrected chi connectivity index (χ3v) is 6.72. The van der Waals surface area contributed by atoms with Crippen molar-refractivity contribution in [2.75, 3.05) is 11.9 Å². The lowest BCUT2D eigenvalue weighted by Crippen LogP contribution is -2.40. The van der Waals surface area contributed by atoms with Crippen molar-refractivity contribution in [2.45, 2.75) is 44.7 Å². The number of pyridine rings is 1. The standard InChI is InChI=1S/C27H27FN4O2/c28-20-6-8-23-22(15-20)18-9-11-30-24(14-18)25(3-1-2-4-26(33)31-23)32-12-10-19-13-17(16-29)5-7-21(19)27(32)34/h5-9,11,13-15,25H,1-4,10,12,16,29H2,(H,31,33). The molecule has 34 heavy (non-hydrogen) atoms. The Labute approximate surface area is 198 Å². The zero-order valence-corrected chi connectivity index (χ0v) is 18.9. The number of carbonyl (C=O) groups excluding carboxylic acids is 2. The van der Waals surface area contributed by atoms with Gasteiger partial charge in [0.25, 0.3) is 5.91 Å². The summed E-state index contributed by atoms with van der Waals surface area (Å²) in [5.41, 5.74) is 11.2. The summed E-state index contributed by atoms with van der Waals surface area (Å²) >= 11 is 0. The molecule has 3 aromatic rings. The van der Waals surface area contributed by atoms with Gasteiger partial charge in [-0.1, -0.05) is 18.6 Å². The number of nitrogens with one attached hydrogen (secondary N) is 1. The van der Waals surface area contributed by atoms with Crippen molar-refractivity contribution in [3.05, 3.63) is 82.9 Å². The smallest absolute Gasteiger partial charge is 0.254 e. The van der Waals surface area contributed by atoms with Crippen LogP contribution in [0.4, 0.5) is 10.1 Å². The second kappa shape index (κ2) is 9.35. The molecule has 2 aliphatic rings. The predicted molar refractivity (Wildman–Crippen MR) is 129 cm³/mol. The minimum Gasteiger partial charge on any atom is -0.330 e. The highest BCUT2D eigenvalue weighted by Crippen LogP contribution is 2.35. The summed E-state index contributed by atoms with van der Waals surface area (Å²) in [6, 6.07) is 13.6. The zero-order valence-electron chi connectivity index (χ0n) is 18.9. The van der Waals surface area contributed by atoms with Gasteiger partial charge >= 0.3 is 0 Å². The number of rotatable bonds is 2. The largest absolute Gasteiger partial charge is 0.330 e. The van der Waals surface area contributed by atoms with Gasteiger partial charge in [0.2, 0.25) is 5.91 Å². The number of fused-ring (bicyclic) bond motifs is 5. The summed E-state index contributed by atoms with van der Waals surface area (Å²) in [6.07, 6.45) is 4.97. The molecule has 0 fully saturated rings. The van der Waals surface area contributed by atoms with Crippen LogP contribution >= 0.6 is 0 Å². The van der Waals surface area contributed by atoms with Gasteiger partial charge in [-0.05, 0) is 72.4 Å². The van der Waals surface area contributed by atoms with E-state index in [0.717, 1.165) is 35.2 Å². The number of aromatic nitrogens is 1. The number of carbonyl (C=O) groups is 2. The van der Waals surface area contributed by atoms with Crippen molar-refractivity contribution in [1.29, 1.82) is 0 Å². The second-order valence-corrected chi connectivity index (χ2v) is 8.91. The van der Waals surface area contributed by atoms with Crippen LogP contribution in [-0.4, -0.2) is 28.2 Å². The van der Waals surface area contributed by atoms with E-state index in [1.165, 1.54) is 12.1 Å². The van der Waals surface area contributed by atoms with E-state index in [1.54, 1.807) is 18.3 Å². The number of nitrogens with two attached hydrogens (primary N) is 1. The minimum absolute atomic E-state index is 0.0155. The molecule has 1 aromatic heterocycles. The van der Waals surface area contributed by atoms with Crippen LogP contribution in [-0.2, 0) is 17.8 Å². The maximum Gasteiger partial charge on any atom is 0.254 e. The molecule has 0 saturated carbocycles. The molecule has 2 aliphatic heterocycles. The molecule has 2 aromatic carbocycles. The second-order valence-electron chi connectivity index (χ2n) is 8.91. The fourth-order valence-electron chi connectivity index (χ4n) is 4.95. The normalized spacial score (nSPS) is 18.3. The molecule has 3 heterocycles. The van der Waals surface area contributed by atoms with Gasteiger partial charge in [0.1, 0.15) is 5.82 Å². The van der Waals surface area contributed by atoms with E-state index in [4.69, 9.17) is 5.73 Å². The highest BCUT2D eigenvalue weighted by molar-refractivity contribution is 5.97. The molecule has 0 spiro atoms.